The van der Waals surface area contributed by atoms with Crippen LogP contribution in [0.5, 0.6) is 0 Å². The van der Waals surface area contributed by atoms with Crippen molar-refractivity contribution in [2.75, 3.05) is 5.32 Å². The number of halogens is 1. The van der Waals surface area contributed by atoms with Gasteiger partial charge in [0.25, 0.3) is 0 Å². The number of hydrogen-bond donors (Lipinski definition) is 1. The number of pyridine rings is 1. The van der Waals surface area contributed by atoms with E-state index in [-0.39, 0.29) is 11.8 Å². The summed E-state index contributed by atoms with van der Waals surface area (Å²) in [5.41, 5.74) is 2.46. The average Bonchev–Trinajstić information content (AvgIpc) is 2.65. The summed E-state index contributed by atoms with van der Waals surface area (Å²) in [6.07, 6.45) is 1.69. The molecule has 1 amide bonds. The van der Waals surface area contributed by atoms with E-state index in [1.807, 2.05) is 24.3 Å². The van der Waals surface area contributed by atoms with Crippen molar-refractivity contribution in [2.24, 2.45) is 0 Å². The van der Waals surface area contributed by atoms with Crippen molar-refractivity contribution in [1.29, 1.82) is 0 Å². The molecule has 1 unspecified atom stereocenters. The van der Waals surface area contributed by atoms with Crippen molar-refractivity contribution in [1.82, 2.24) is 4.98 Å². The first-order valence-corrected chi connectivity index (χ1v) is 5.65. The normalized spacial score (nSPS) is 17.7. The van der Waals surface area contributed by atoms with Gasteiger partial charge in [-0.15, -0.1) is 0 Å². The summed E-state index contributed by atoms with van der Waals surface area (Å²) in [5, 5.41) is 3.44. The molecule has 1 atom stereocenters. The smallest absolute Gasteiger partial charge is 0.238 e. The topological polar surface area (TPSA) is 42.0 Å². The third-order valence-corrected chi connectivity index (χ3v) is 3.07. The van der Waals surface area contributed by atoms with Crippen molar-refractivity contribution < 1.29 is 4.79 Å². The fraction of sp³-hybridized carbons (Fsp3) is 0.0769. The first kappa shape index (κ1) is 10.3. The van der Waals surface area contributed by atoms with Gasteiger partial charge in [0.05, 0.1) is 5.69 Å². The number of aromatic nitrogens is 1. The van der Waals surface area contributed by atoms with E-state index in [0.29, 0.717) is 5.02 Å². The van der Waals surface area contributed by atoms with E-state index in [2.05, 4.69) is 10.3 Å². The van der Waals surface area contributed by atoms with Crippen LogP contribution in [0.2, 0.25) is 5.02 Å². The number of nitrogens with one attached hydrogen (secondary N) is 1. The maximum atomic E-state index is 11.9. The minimum Gasteiger partial charge on any atom is -0.325 e. The highest BCUT2D eigenvalue weighted by Crippen LogP contribution is 2.37. The number of amides is 1. The monoisotopic (exact) mass is 244 g/mol. The van der Waals surface area contributed by atoms with Crippen LogP contribution in [0.1, 0.15) is 17.2 Å². The van der Waals surface area contributed by atoms with Gasteiger partial charge in [-0.3, -0.25) is 9.78 Å². The van der Waals surface area contributed by atoms with Crippen LogP contribution in [-0.2, 0) is 4.79 Å². The summed E-state index contributed by atoms with van der Waals surface area (Å²) in [4.78, 5) is 16.2. The van der Waals surface area contributed by atoms with Gasteiger partial charge in [0, 0.05) is 16.9 Å². The van der Waals surface area contributed by atoms with Gasteiger partial charge in [0.15, 0.2) is 0 Å². The molecule has 3 rings (SSSR count). The van der Waals surface area contributed by atoms with Crippen LogP contribution >= 0.6 is 11.6 Å². The highest BCUT2D eigenvalue weighted by atomic mass is 35.5. The van der Waals surface area contributed by atoms with Gasteiger partial charge in [-0.05, 0) is 29.8 Å². The number of carbonyl (C=O) groups excluding carboxylic acids is 1. The maximum Gasteiger partial charge on any atom is 0.238 e. The van der Waals surface area contributed by atoms with E-state index in [0.717, 1.165) is 16.9 Å². The molecule has 1 aromatic heterocycles. The van der Waals surface area contributed by atoms with Crippen LogP contribution in [0.3, 0.4) is 0 Å². The molecule has 17 heavy (non-hydrogen) atoms. The summed E-state index contributed by atoms with van der Waals surface area (Å²) in [5.74, 6) is -0.385. The fourth-order valence-corrected chi connectivity index (χ4v) is 2.25. The molecule has 2 aromatic rings. The standard InChI is InChI=1S/C13H9ClN2O/c14-8-4-5-9-11(7-8)16-13(17)12(9)10-3-1-2-6-15-10/h1-7,12H,(H,16,17). The van der Waals surface area contributed by atoms with Gasteiger partial charge in [0.1, 0.15) is 5.92 Å². The predicted molar refractivity (Wildman–Crippen MR) is 66.2 cm³/mol. The lowest BCUT2D eigenvalue weighted by Gasteiger charge is -2.07. The molecule has 0 saturated heterocycles. The zero-order chi connectivity index (χ0) is 11.8. The Labute approximate surface area is 103 Å². The number of rotatable bonds is 1. The maximum absolute atomic E-state index is 11.9. The molecule has 0 saturated carbocycles. The molecular weight excluding hydrogens is 236 g/mol. The van der Waals surface area contributed by atoms with E-state index in [1.165, 1.54) is 0 Å². The lowest BCUT2D eigenvalue weighted by atomic mass is 9.97. The Kier molecular flexibility index (Phi) is 2.34. The van der Waals surface area contributed by atoms with E-state index >= 15 is 0 Å². The molecule has 2 heterocycles. The Morgan fingerprint density at radius 1 is 1.24 bits per heavy atom. The van der Waals surface area contributed by atoms with Crippen molar-refractivity contribution in [3.63, 3.8) is 0 Å². The van der Waals surface area contributed by atoms with Gasteiger partial charge in [-0.25, -0.2) is 0 Å². The van der Waals surface area contributed by atoms with Gasteiger partial charge in [-0.2, -0.15) is 0 Å². The highest BCUT2D eigenvalue weighted by molar-refractivity contribution is 6.31. The number of anilines is 1. The molecule has 0 fully saturated rings. The van der Waals surface area contributed by atoms with Crippen LogP contribution in [-0.4, -0.2) is 10.9 Å². The van der Waals surface area contributed by atoms with Crippen LogP contribution in [0, 0.1) is 0 Å². The van der Waals surface area contributed by atoms with Gasteiger partial charge >= 0.3 is 0 Å². The fourth-order valence-electron chi connectivity index (χ4n) is 2.07. The second-order valence-corrected chi connectivity index (χ2v) is 4.34. The summed E-state index contributed by atoms with van der Waals surface area (Å²) in [6.45, 7) is 0. The highest BCUT2D eigenvalue weighted by Gasteiger charge is 2.32. The van der Waals surface area contributed by atoms with Crippen LogP contribution in [0.15, 0.2) is 42.6 Å². The SMILES string of the molecule is O=C1Nc2cc(Cl)ccc2C1c1ccccn1. The molecule has 3 nitrogen and oxygen atoms in total. The molecule has 4 heteroatoms. The van der Waals surface area contributed by atoms with E-state index in [1.54, 1.807) is 18.3 Å². The first-order valence-electron chi connectivity index (χ1n) is 5.27. The van der Waals surface area contributed by atoms with Crippen molar-refractivity contribution >= 4 is 23.2 Å². The molecule has 0 radical (unpaired) electrons. The summed E-state index contributed by atoms with van der Waals surface area (Å²) in [6, 6.07) is 11.0. The lowest BCUT2D eigenvalue weighted by molar-refractivity contribution is -0.116. The molecule has 1 N–H and O–H groups in total. The Hall–Kier alpha value is -1.87. The Morgan fingerprint density at radius 3 is 2.88 bits per heavy atom. The molecule has 1 aliphatic rings. The number of benzene rings is 1. The molecule has 84 valence electrons. The van der Waals surface area contributed by atoms with Crippen LogP contribution < -0.4 is 5.32 Å². The Morgan fingerprint density at radius 2 is 2.12 bits per heavy atom. The Balaban J connectivity index is 2.12. The van der Waals surface area contributed by atoms with Crippen LogP contribution in [0.4, 0.5) is 5.69 Å². The third-order valence-electron chi connectivity index (χ3n) is 2.83. The largest absolute Gasteiger partial charge is 0.325 e. The summed E-state index contributed by atoms with van der Waals surface area (Å²) >= 11 is 5.90. The van der Waals surface area contributed by atoms with E-state index in [4.69, 9.17) is 11.6 Å². The predicted octanol–water partition coefficient (Wildman–Crippen LogP) is 2.82. The van der Waals surface area contributed by atoms with Gasteiger partial charge < -0.3 is 5.32 Å². The minimum atomic E-state index is -0.330. The number of fused-ring (bicyclic) bond motifs is 1. The first-order chi connectivity index (χ1) is 8.25. The quantitative estimate of drug-likeness (QED) is 0.838. The number of hydrogen-bond acceptors (Lipinski definition) is 2. The summed E-state index contributed by atoms with van der Waals surface area (Å²) < 4.78 is 0. The second-order valence-electron chi connectivity index (χ2n) is 3.91. The number of carbonyl (C=O) groups is 1. The van der Waals surface area contributed by atoms with E-state index < -0.39 is 0 Å². The molecule has 1 aliphatic heterocycles. The van der Waals surface area contributed by atoms with Crippen molar-refractivity contribution in [2.45, 2.75) is 5.92 Å². The molecule has 1 aromatic carbocycles. The molecule has 0 spiro atoms. The lowest BCUT2D eigenvalue weighted by Crippen LogP contribution is -2.14. The average molecular weight is 245 g/mol. The Bertz CT molecular complexity index is 583. The third kappa shape index (κ3) is 1.68. The second kappa shape index (κ2) is 3.86. The molecule has 0 aliphatic carbocycles. The molecular formula is C13H9ClN2O. The van der Waals surface area contributed by atoms with Crippen LogP contribution in [0.25, 0.3) is 0 Å². The summed E-state index contributed by atoms with van der Waals surface area (Å²) in [7, 11) is 0. The number of nitrogens with zero attached hydrogens (tertiary/aromatic N) is 1. The molecule has 0 bridgehead atoms. The van der Waals surface area contributed by atoms with Crippen molar-refractivity contribution in [3.05, 3.63) is 58.9 Å². The zero-order valence-corrected chi connectivity index (χ0v) is 9.61. The minimum absolute atomic E-state index is 0.0547. The van der Waals surface area contributed by atoms with Gasteiger partial charge in [-0.1, -0.05) is 23.7 Å². The van der Waals surface area contributed by atoms with Gasteiger partial charge in [0.2, 0.25) is 5.91 Å². The van der Waals surface area contributed by atoms with Crippen molar-refractivity contribution in [3.8, 4) is 0 Å². The zero-order valence-electron chi connectivity index (χ0n) is 8.85. The van der Waals surface area contributed by atoms with E-state index in [9.17, 15) is 4.79 Å².